The Morgan fingerprint density at radius 1 is 1.26 bits per heavy atom. The largest absolute Gasteiger partial charge is 0.356 e. The molecular formula is C22H26ClN7O3S. The zero-order chi connectivity index (χ0) is 24.2. The number of benzene rings is 1. The minimum absolute atomic E-state index is 0.0758. The number of hydrogen-bond donors (Lipinski definition) is 1. The SMILES string of the molecule is CC(C)Sc1nc(N2CCCCC2)c2cnn(CCNC(=O)c3cc(Cl)ccc3[N+](=O)[O-])c2n1. The van der Waals surface area contributed by atoms with Gasteiger partial charge in [-0.1, -0.05) is 37.2 Å². The van der Waals surface area contributed by atoms with Crippen LogP contribution in [0.25, 0.3) is 11.0 Å². The molecule has 0 radical (unpaired) electrons. The zero-order valence-corrected chi connectivity index (χ0v) is 20.6. The second kappa shape index (κ2) is 10.6. The average molecular weight is 504 g/mol. The van der Waals surface area contributed by atoms with Gasteiger partial charge < -0.3 is 10.2 Å². The maximum absolute atomic E-state index is 12.6. The molecule has 180 valence electrons. The number of nitro benzene ring substituents is 1. The number of thioether (sulfide) groups is 1. The first kappa shape index (κ1) is 24.2. The number of nitrogens with zero attached hydrogens (tertiary/aromatic N) is 6. The van der Waals surface area contributed by atoms with Crippen molar-refractivity contribution in [1.29, 1.82) is 0 Å². The van der Waals surface area contributed by atoms with Crippen molar-refractivity contribution in [1.82, 2.24) is 25.1 Å². The second-order valence-corrected chi connectivity index (χ2v) is 10.3. The van der Waals surface area contributed by atoms with E-state index >= 15 is 0 Å². The van der Waals surface area contributed by atoms with E-state index < -0.39 is 10.8 Å². The Kier molecular flexibility index (Phi) is 7.52. The van der Waals surface area contributed by atoms with Crippen molar-refractivity contribution in [3.8, 4) is 0 Å². The fraction of sp³-hybridized carbons (Fsp3) is 0.455. The van der Waals surface area contributed by atoms with Crippen molar-refractivity contribution in [2.24, 2.45) is 0 Å². The van der Waals surface area contributed by atoms with E-state index in [1.807, 2.05) is 0 Å². The highest BCUT2D eigenvalue weighted by Gasteiger charge is 2.22. The summed E-state index contributed by atoms with van der Waals surface area (Å²) in [4.78, 5) is 35.2. The van der Waals surface area contributed by atoms with E-state index in [4.69, 9.17) is 21.6 Å². The van der Waals surface area contributed by atoms with Crippen LogP contribution in [0.3, 0.4) is 0 Å². The number of nitrogens with one attached hydrogen (secondary N) is 1. The van der Waals surface area contributed by atoms with Gasteiger partial charge in [0.25, 0.3) is 11.6 Å². The lowest BCUT2D eigenvalue weighted by Gasteiger charge is -2.28. The first-order valence-corrected chi connectivity index (χ1v) is 12.5. The Bertz CT molecular complexity index is 1210. The van der Waals surface area contributed by atoms with Crippen LogP contribution in [-0.2, 0) is 6.54 Å². The number of rotatable bonds is 8. The van der Waals surface area contributed by atoms with Gasteiger partial charge in [0.2, 0.25) is 0 Å². The Hall–Kier alpha value is -2.92. The second-order valence-electron chi connectivity index (χ2n) is 8.32. The maximum atomic E-state index is 12.6. The summed E-state index contributed by atoms with van der Waals surface area (Å²) in [6.45, 7) is 6.68. The van der Waals surface area contributed by atoms with Crippen molar-refractivity contribution < 1.29 is 9.72 Å². The summed E-state index contributed by atoms with van der Waals surface area (Å²) in [5.74, 6) is 0.336. The molecule has 0 spiro atoms. The third-order valence-electron chi connectivity index (χ3n) is 5.46. The molecule has 0 aliphatic carbocycles. The van der Waals surface area contributed by atoms with Crippen molar-refractivity contribution in [3.63, 3.8) is 0 Å². The van der Waals surface area contributed by atoms with E-state index in [-0.39, 0.29) is 22.8 Å². The monoisotopic (exact) mass is 503 g/mol. The predicted molar refractivity (Wildman–Crippen MR) is 133 cm³/mol. The minimum atomic E-state index is -0.598. The molecule has 1 fully saturated rings. The molecule has 1 amide bonds. The summed E-state index contributed by atoms with van der Waals surface area (Å²) < 4.78 is 1.74. The van der Waals surface area contributed by atoms with Crippen LogP contribution in [-0.4, -0.2) is 55.5 Å². The summed E-state index contributed by atoms with van der Waals surface area (Å²) in [5.41, 5.74) is 0.343. The van der Waals surface area contributed by atoms with Crippen LogP contribution in [0.4, 0.5) is 11.5 Å². The molecule has 2 aromatic heterocycles. The molecule has 1 saturated heterocycles. The molecule has 1 aliphatic heterocycles. The number of carbonyl (C=O) groups excluding carboxylic acids is 1. The normalized spacial score (nSPS) is 14.1. The number of halogens is 1. The van der Waals surface area contributed by atoms with E-state index in [1.54, 1.807) is 22.6 Å². The average Bonchev–Trinajstić information content (AvgIpc) is 3.21. The molecule has 1 aliphatic rings. The lowest BCUT2D eigenvalue weighted by molar-refractivity contribution is -0.385. The standard InChI is InChI=1S/C22H26ClN7O3S/c1-14(2)34-22-26-19(28-9-4-3-5-10-28)17-13-25-29(20(17)27-22)11-8-24-21(31)16-12-15(23)6-7-18(16)30(32)33/h6-7,12-14H,3-5,8-11H2,1-2H3,(H,24,31). The number of piperidine rings is 1. The van der Waals surface area contributed by atoms with Gasteiger partial charge in [0.15, 0.2) is 10.8 Å². The molecule has 3 heterocycles. The first-order valence-electron chi connectivity index (χ1n) is 11.2. The Labute approximate surface area is 206 Å². The Morgan fingerprint density at radius 3 is 2.74 bits per heavy atom. The van der Waals surface area contributed by atoms with Crippen LogP contribution < -0.4 is 10.2 Å². The number of fused-ring (bicyclic) bond motifs is 1. The van der Waals surface area contributed by atoms with E-state index in [2.05, 4.69) is 29.2 Å². The molecule has 12 heteroatoms. The topological polar surface area (TPSA) is 119 Å². The van der Waals surface area contributed by atoms with Crippen LogP contribution in [0.5, 0.6) is 0 Å². The van der Waals surface area contributed by atoms with Gasteiger partial charge >= 0.3 is 0 Å². The molecule has 0 atom stereocenters. The number of hydrogen-bond acceptors (Lipinski definition) is 8. The maximum Gasteiger partial charge on any atom is 0.282 e. The summed E-state index contributed by atoms with van der Waals surface area (Å²) in [5, 5.41) is 20.7. The van der Waals surface area contributed by atoms with Crippen molar-refractivity contribution in [3.05, 3.63) is 45.1 Å². The van der Waals surface area contributed by atoms with Crippen LogP contribution >= 0.6 is 23.4 Å². The van der Waals surface area contributed by atoms with Crippen LogP contribution in [0.15, 0.2) is 29.6 Å². The van der Waals surface area contributed by atoms with Crippen LogP contribution in [0.2, 0.25) is 5.02 Å². The molecule has 0 bridgehead atoms. The lowest BCUT2D eigenvalue weighted by Crippen LogP contribution is -2.30. The van der Waals surface area contributed by atoms with E-state index in [0.29, 0.717) is 22.6 Å². The van der Waals surface area contributed by atoms with Crippen molar-refractivity contribution in [2.45, 2.75) is 50.1 Å². The summed E-state index contributed by atoms with van der Waals surface area (Å²) in [7, 11) is 0. The molecule has 34 heavy (non-hydrogen) atoms. The Balaban J connectivity index is 1.55. The predicted octanol–water partition coefficient (Wildman–Crippen LogP) is 4.31. The smallest absolute Gasteiger partial charge is 0.282 e. The molecule has 0 unspecified atom stereocenters. The summed E-state index contributed by atoms with van der Waals surface area (Å²) in [6.07, 6.45) is 5.26. The summed E-state index contributed by atoms with van der Waals surface area (Å²) >= 11 is 7.54. The number of carbonyl (C=O) groups is 1. The van der Waals surface area contributed by atoms with Gasteiger partial charge in [0.05, 0.1) is 23.1 Å². The van der Waals surface area contributed by atoms with Gasteiger partial charge in [-0.2, -0.15) is 5.10 Å². The Morgan fingerprint density at radius 2 is 2.03 bits per heavy atom. The third-order valence-corrected chi connectivity index (χ3v) is 6.56. The summed E-state index contributed by atoms with van der Waals surface area (Å²) in [6, 6.07) is 3.91. The molecule has 4 rings (SSSR count). The van der Waals surface area contributed by atoms with E-state index in [9.17, 15) is 14.9 Å². The van der Waals surface area contributed by atoms with E-state index in [0.717, 1.165) is 37.1 Å². The van der Waals surface area contributed by atoms with Crippen LogP contribution in [0.1, 0.15) is 43.5 Å². The number of aromatic nitrogens is 4. The highest BCUT2D eigenvalue weighted by Crippen LogP contribution is 2.30. The van der Waals surface area contributed by atoms with E-state index in [1.165, 1.54) is 24.6 Å². The first-order chi connectivity index (χ1) is 16.3. The highest BCUT2D eigenvalue weighted by molar-refractivity contribution is 7.99. The molecule has 3 aromatic rings. The van der Waals surface area contributed by atoms with Crippen molar-refractivity contribution in [2.75, 3.05) is 24.5 Å². The van der Waals surface area contributed by atoms with Crippen molar-refractivity contribution >= 4 is 51.8 Å². The van der Waals surface area contributed by atoms with Gasteiger partial charge in [0.1, 0.15) is 11.4 Å². The molecule has 0 saturated carbocycles. The lowest BCUT2D eigenvalue weighted by atomic mass is 10.1. The number of anilines is 1. The van der Waals surface area contributed by atoms with Gasteiger partial charge in [-0.25, -0.2) is 14.6 Å². The van der Waals surface area contributed by atoms with Gasteiger partial charge in [-0.05, 0) is 31.4 Å². The third kappa shape index (κ3) is 5.41. The molecule has 1 N–H and O–H groups in total. The number of amides is 1. The zero-order valence-electron chi connectivity index (χ0n) is 19.0. The molecular weight excluding hydrogens is 478 g/mol. The van der Waals surface area contributed by atoms with Crippen LogP contribution in [0, 0.1) is 10.1 Å². The molecule has 10 nitrogen and oxygen atoms in total. The van der Waals surface area contributed by atoms with Gasteiger partial charge in [0, 0.05) is 36.0 Å². The quantitative estimate of drug-likeness (QED) is 0.209. The van der Waals surface area contributed by atoms with Gasteiger partial charge in [-0.3, -0.25) is 14.9 Å². The fourth-order valence-corrected chi connectivity index (χ4v) is 4.79. The number of nitro groups is 1. The molecule has 1 aromatic carbocycles. The highest BCUT2D eigenvalue weighted by atomic mass is 35.5. The fourth-order valence-electron chi connectivity index (χ4n) is 3.91. The van der Waals surface area contributed by atoms with Gasteiger partial charge in [-0.15, -0.1) is 0 Å². The minimum Gasteiger partial charge on any atom is -0.356 e.